The zero-order valence-corrected chi connectivity index (χ0v) is 17.6. The van der Waals surface area contributed by atoms with Gasteiger partial charge >= 0.3 is 0 Å². The topological polar surface area (TPSA) is 101 Å². The number of benzene rings is 2. The molecule has 31 heavy (non-hydrogen) atoms. The molecular formula is C22H22N4O4S. The van der Waals surface area contributed by atoms with Crippen LogP contribution < -0.4 is 5.56 Å². The normalized spacial score (nSPS) is 15.2. The number of H-pyrrole nitrogens is 1. The number of para-hydroxylation sites is 1. The van der Waals surface area contributed by atoms with Crippen molar-refractivity contribution in [3.63, 3.8) is 0 Å². The molecule has 2 aromatic carbocycles. The summed E-state index contributed by atoms with van der Waals surface area (Å²) in [5.41, 5.74) is 1.13. The molecule has 1 aromatic heterocycles. The molecule has 0 saturated carbocycles. The van der Waals surface area contributed by atoms with Gasteiger partial charge < -0.3 is 9.88 Å². The van der Waals surface area contributed by atoms with Crippen molar-refractivity contribution >= 4 is 34.6 Å². The highest BCUT2D eigenvalue weighted by Crippen LogP contribution is 2.23. The molecule has 2 heterocycles. The molecule has 1 saturated heterocycles. The van der Waals surface area contributed by atoms with E-state index in [9.17, 15) is 19.7 Å². The number of aromatic nitrogens is 2. The van der Waals surface area contributed by atoms with E-state index in [1.807, 2.05) is 18.2 Å². The Kier molecular flexibility index (Phi) is 6.06. The third-order valence-corrected chi connectivity index (χ3v) is 6.17. The van der Waals surface area contributed by atoms with Crippen LogP contribution in [0.4, 0.5) is 5.69 Å². The summed E-state index contributed by atoms with van der Waals surface area (Å²) in [4.78, 5) is 41.1. The first kappa shape index (κ1) is 21.1. The van der Waals surface area contributed by atoms with Crippen molar-refractivity contribution in [2.75, 3.05) is 19.6 Å². The lowest BCUT2D eigenvalue weighted by molar-refractivity contribution is -0.384. The van der Waals surface area contributed by atoms with Gasteiger partial charge in [-0.05, 0) is 62.4 Å². The van der Waals surface area contributed by atoms with Gasteiger partial charge in [-0.1, -0.05) is 12.1 Å². The molecule has 9 heteroatoms. The number of hydrogen-bond donors (Lipinski definition) is 1. The molecule has 0 aliphatic carbocycles. The number of nitrogens with zero attached hydrogens (tertiary/aromatic N) is 3. The van der Waals surface area contributed by atoms with Crippen LogP contribution in [0, 0.1) is 20.8 Å². The number of fused-ring (bicyclic) bond motifs is 1. The number of carbonyl (C=O) groups excluding carboxylic acids is 1. The Balaban J connectivity index is 1.36. The number of likely N-dealkylation sites (tertiary alicyclic amines) is 1. The molecule has 160 valence electrons. The van der Waals surface area contributed by atoms with Crippen LogP contribution >= 0.6 is 12.2 Å². The lowest BCUT2D eigenvalue weighted by Gasteiger charge is -2.31. The van der Waals surface area contributed by atoms with E-state index in [2.05, 4.69) is 9.88 Å². The molecule has 1 N–H and O–H groups in total. The number of nitrogens with one attached hydrogen (secondary N) is 1. The van der Waals surface area contributed by atoms with Crippen LogP contribution in [-0.2, 0) is 6.54 Å². The Morgan fingerprint density at radius 3 is 2.45 bits per heavy atom. The van der Waals surface area contributed by atoms with Gasteiger partial charge in [-0.25, -0.2) is 0 Å². The van der Waals surface area contributed by atoms with E-state index in [0.29, 0.717) is 28.8 Å². The number of non-ortho nitro benzene ring substituents is 1. The molecule has 0 spiro atoms. The quantitative estimate of drug-likeness (QED) is 0.273. The van der Waals surface area contributed by atoms with E-state index in [4.69, 9.17) is 12.2 Å². The van der Waals surface area contributed by atoms with Gasteiger partial charge in [0.2, 0.25) is 0 Å². The Morgan fingerprint density at radius 2 is 1.77 bits per heavy atom. The molecule has 0 atom stereocenters. The molecule has 1 aliphatic rings. The van der Waals surface area contributed by atoms with Gasteiger partial charge in [-0.15, -0.1) is 0 Å². The number of nitro benzene ring substituents is 1. The lowest BCUT2D eigenvalue weighted by atomic mass is 9.89. The largest absolute Gasteiger partial charge is 0.332 e. The molecule has 8 nitrogen and oxygen atoms in total. The summed E-state index contributed by atoms with van der Waals surface area (Å²) < 4.78 is 2.00. The lowest BCUT2D eigenvalue weighted by Crippen LogP contribution is -2.39. The second kappa shape index (κ2) is 8.91. The van der Waals surface area contributed by atoms with Crippen molar-refractivity contribution in [3.8, 4) is 0 Å². The van der Waals surface area contributed by atoms with Crippen molar-refractivity contribution < 1.29 is 9.72 Å². The summed E-state index contributed by atoms with van der Waals surface area (Å²) in [7, 11) is 0. The highest BCUT2D eigenvalue weighted by atomic mass is 32.1. The van der Waals surface area contributed by atoms with Crippen LogP contribution in [0.1, 0.15) is 23.2 Å². The maximum atomic E-state index is 12.8. The number of rotatable bonds is 6. The summed E-state index contributed by atoms with van der Waals surface area (Å²) in [6.45, 7) is 2.67. The maximum Gasteiger partial charge on any atom is 0.269 e. The van der Waals surface area contributed by atoms with Crippen molar-refractivity contribution in [1.29, 1.82) is 0 Å². The summed E-state index contributed by atoms with van der Waals surface area (Å²) in [6.07, 6.45) is 1.44. The van der Waals surface area contributed by atoms with Gasteiger partial charge in [-0.3, -0.25) is 24.3 Å². The molecule has 1 fully saturated rings. The molecule has 0 unspecified atom stereocenters. The van der Waals surface area contributed by atoms with Gasteiger partial charge in [0.15, 0.2) is 10.6 Å². The number of piperidine rings is 1. The van der Waals surface area contributed by atoms with E-state index in [1.54, 1.807) is 10.6 Å². The molecule has 0 bridgehead atoms. The van der Waals surface area contributed by atoms with Crippen LogP contribution in [-0.4, -0.2) is 44.8 Å². The number of nitro groups is 1. The van der Waals surface area contributed by atoms with Crippen molar-refractivity contribution in [2.45, 2.75) is 19.4 Å². The van der Waals surface area contributed by atoms with Gasteiger partial charge in [0, 0.05) is 36.7 Å². The second-order valence-corrected chi connectivity index (χ2v) is 8.10. The fraction of sp³-hybridized carbons (Fsp3) is 0.318. The van der Waals surface area contributed by atoms with Crippen LogP contribution in [0.2, 0.25) is 0 Å². The summed E-state index contributed by atoms with van der Waals surface area (Å²) >= 11 is 5.37. The van der Waals surface area contributed by atoms with E-state index >= 15 is 0 Å². The maximum absolute atomic E-state index is 12.8. The van der Waals surface area contributed by atoms with Gasteiger partial charge in [-0.2, -0.15) is 0 Å². The number of aromatic amines is 1. The van der Waals surface area contributed by atoms with Crippen LogP contribution in [0.15, 0.2) is 53.3 Å². The van der Waals surface area contributed by atoms with Gasteiger partial charge in [0.25, 0.3) is 11.2 Å². The zero-order chi connectivity index (χ0) is 22.0. The van der Waals surface area contributed by atoms with Gasteiger partial charge in [0.1, 0.15) is 0 Å². The second-order valence-electron chi connectivity index (χ2n) is 7.72. The number of hydrogen-bond acceptors (Lipinski definition) is 6. The zero-order valence-electron chi connectivity index (χ0n) is 16.8. The summed E-state index contributed by atoms with van der Waals surface area (Å²) in [6, 6.07) is 13.1. The number of Topliss-reactive ketones (excluding diaryl/α,β-unsaturated/α-hetero) is 1. The predicted molar refractivity (Wildman–Crippen MR) is 120 cm³/mol. The van der Waals surface area contributed by atoms with Crippen LogP contribution in [0.25, 0.3) is 10.9 Å². The fourth-order valence-electron chi connectivity index (χ4n) is 4.05. The smallest absolute Gasteiger partial charge is 0.269 e. The van der Waals surface area contributed by atoms with Crippen LogP contribution in [0.3, 0.4) is 0 Å². The van der Waals surface area contributed by atoms with Gasteiger partial charge in [0.05, 0.1) is 15.8 Å². The summed E-state index contributed by atoms with van der Waals surface area (Å²) in [5.74, 6) is -0.0633. The van der Waals surface area contributed by atoms with E-state index in [1.165, 1.54) is 24.3 Å². The Morgan fingerprint density at radius 1 is 1.10 bits per heavy atom. The molecule has 1 aliphatic heterocycles. The fourth-order valence-corrected chi connectivity index (χ4v) is 4.33. The molecular weight excluding hydrogens is 416 g/mol. The average molecular weight is 439 g/mol. The summed E-state index contributed by atoms with van der Waals surface area (Å²) in [5, 5.41) is 11.4. The van der Waals surface area contributed by atoms with Crippen LogP contribution in [0.5, 0.6) is 0 Å². The Hall–Kier alpha value is -3.17. The Labute approximate surface area is 183 Å². The van der Waals surface area contributed by atoms with E-state index < -0.39 is 4.92 Å². The Bertz CT molecular complexity index is 1240. The van der Waals surface area contributed by atoms with E-state index in [-0.39, 0.29) is 22.9 Å². The molecule has 3 aromatic rings. The first-order valence-electron chi connectivity index (χ1n) is 10.2. The number of carbonyl (C=O) groups is 1. The minimum atomic E-state index is -0.473. The highest BCUT2D eigenvalue weighted by molar-refractivity contribution is 7.71. The van der Waals surface area contributed by atoms with E-state index in [0.717, 1.165) is 31.4 Å². The van der Waals surface area contributed by atoms with Crippen molar-refractivity contribution in [3.05, 3.63) is 79.3 Å². The highest BCUT2D eigenvalue weighted by Gasteiger charge is 2.26. The average Bonchev–Trinajstić information content (AvgIpc) is 2.79. The van der Waals surface area contributed by atoms with Crippen molar-refractivity contribution in [2.24, 2.45) is 5.92 Å². The first-order chi connectivity index (χ1) is 14.9. The minimum Gasteiger partial charge on any atom is -0.332 e. The monoisotopic (exact) mass is 438 g/mol. The molecule has 0 radical (unpaired) electrons. The number of ketones is 1. The molecule has 0 amide bonds. The standard InChI is InChI=1S/C22H22N4O4S/c27-20(15-5-7-17(8-6-15)26(29)30)16-9-11-24(12-10-16)13-14-25-21(28)18-3-1-2-4-19(18)23-22(25)31/h1-8,16H,9-14H2,(H,23,31). The first-order valence-corrected chi connectivity index (χ1v) is 10.6. The SMILES string of the molecule is O=C(c1ccc([N+](=O)[O-])cc1)C1CCN(CCn2c(=S)[nH]c3ccccc3c2=O)CC1. The van der Waals surface area contributed by atoms with Crippen molar-refractivity contribution in [1.82, 2.24) is 14.5 Å². The molecule has 4 rings (SSSR count). The predicted octanol–water partition coefficient (Wildman–Crippen LogP) is 3.56. The third-order valence-electron chi connectivity index (χ3n) is 5.85. The third kappa shape index (κ3) is 4.47. The minimum absolute atomic E-state index is 0.0198.